The van der Waals surface area contributed by atoms with Crippen LogP contribution >= 0.6 is 11.8 Å². The molecule has 0 bridgehead atoms. The Morgan fingerprint density at radius 2 is 2.14 bits per heavy atom. The van der Waals surface area contributed by atoms with E-state index in [1.807, 2.05) is 20.8 Å². The van der Waals surface area contributed by atoms with E-state index in [0.29, 0.717) is 6.42 Å². The Hall–Kier alpha value is -1.86. The second-order valence-corrected chi connectivity index (χ2v) is 7.64. The summed E-state index contributed by atoms with van der Waals surface area (Å²) in [5, 5.41) is 13.4. The number of aliphatic carboxylic acids is 1. The van der Waals surface area contributed by atoms with E-state index in [2.05, 4.69) is 10.5 Å². The summed E-state index contributed by atoms with van der Waals surface area (Å²) in [5.41, 5.74) is 3.25. The third kappa shape index (κ3) is 2.12. The molecule has 1 amide bonds. The highest BCUT2D eigenvalue weighted by Gasteiger charge is 2.72. The predicted molar refractivity (Wildman–Crippen MR) is 76.9 cm³/mol. The topological polar surface area (TPSA) is 116 Å². The van der Waals surface area contributed by atoms with E-state index < -0.39 is 22.3 Å². The van der Waals surface area contributed by atoms with Gasteiger partial charge in [0.1, 0.15) is 11.4 Å². The molecule has 3 atom stereocenters. The number of hydrogen-bond donors (Lipinski definition) is 2. The minimum Gasteiger partial charge on any atom is -0.480 e. The maximum Gasteiger partial charge on any atom is 0.373 e. The van der Waals surface area contributed by atoms with Gasteiger partial charge in [0.2, 0.25) is 0 Å². The van der Waals surface area contributed by atoms with Crippen molar-refractivity contribution in [1.29, 1.82) is 0 Å². The Balaban J connectivity index is 0.000000545. The van der Waals surface area contributed by atoms with Crippen LogP contribution in [0.15, 0.2) is 5.10 Å². The van der Waals surface area contributed by atoms with Gasteiger partial charge in [-0.15, -0.1) is 11.8 Å². The zero-order valence-corrected chi connectivity index (χ0v) is 13.3. The molecule has 8 nitrogen and oxygen atoms in total. The van der Waals surface area contributed by atoms with Gasteiger partial charge in [-0.1, -0.05) is 6.92 Å². The van der Waals surface area contributed by atoms with Crippen molar-refractivity contribution in [1.82, 2.24) is 10.3 Å². The summed E-state index contributed by atoms with van der Waals surface area (Å²) in [6.07, 6.45) is 1.66. The molecule has 2 saturated heterocycles. The molecular formula is C13H17N3O5S. The Bertz CT molecular complexity index is 584. The summed E-state index contributed by atoms with van der Waals surface area (Å²) in [6.45, 7) is 5.77. The quantitative estimate of drug-likeness (QED) is 0.688. The highest BCUT2D eigenvalue weighted by atomic mass is 32.2. The van der Waals surface area contributed by atoms with Gasteiger partial charge in [0.15, 0.2) is 5.54 Å². The molecule has 22 heavy (non-hydrogen) atoms. The lowest BCUT2D eigenvalue weighted by atomic mass is 9.81. The van der Waals surface area contributed by atoms with E-state index in [1.54, 1.807) is 11.8 Å². The lowest BCUT2D eigenvalue weighted by Gasteiger charge is -2.50. The maximum atomic E-state index is 12.4. The molecular weight excluding hydrogens is 310 g/mol. The normalized spacial score (nSPS) is 33.9. The number of nitrogens with one attached hydrogen (secondary N) is 1. The molecule has 0 aliphatic carbocycles. The zero-order valence-electron chi connectivity index (χ0n) is 12.5. The van der Waals surface area contributed by atoms with Crippen LogP contribution in [0.5, 0.6) is 0 Å². The van der Waals surface area contributed by atoms with Crippen molar-refractivity contribution in [3.8, 4) is 0 Å². The lowest BCUT2D eigenvalue weighted by molar-refractivity contribution is -0.191. The van der Waals surface area contributed by atoms with Crippen LogP contribution in [0.25, 0.3) is 0 Å². The van der Waals surface area contributed by atoms with Crippen LogP contribution in [0.4, 0.5) is 0 Å². The van der Waals surface area contributed by atoms with E-state index in [1.165, 1.54) is 4.90 Å². The molecule has 3 heterocycles. The Labute approximate surface area is 131 Å². The SMILES string of the molecule is CCC1=NNC2(C1)C(=O)N1[C@@H](C(=O)O)C(C)(C)S[C@@H]12.O=C=O. The molecule has 0 aromatic heterocycles. The molecule has 0 saturated carbocycles. The number of carboxylic acids is 1. The van der Waals surface area contributed by atoms with Crippen molar-refractivity contribution in [3.05, 3.63) is 0 Å². The van der Waals surface area contributed by atoms with Crippen molar-refractivity contribution >= 4 is 35.5 Å². The highest BCUT2D eigenvalue weighted by molar-refractivity contribution is 8.01. The van der Waals surface area contributed by atoms with Gasteiger partial charge in [-0.05, 0) is 20.3 Å². The van der Waals surface area contributed by atoms with Crippen molar-refractivity contribution in [2.75, 3.05) is 0 Å². The molecule has 0 aromatic carbocycles. The van der Waals surface area contributed by atoms with Crippen LogP contribution in [-0.2, 0) is 19.2 Å². The molecule has 3 aliphatic heterocycles. The van der Waals surface area contributed by atoms with Gasteiger partial charge in [-0.25, -0.2) is 4.79 Å². The lowest BCUT2D eigenvalue weighted by Crippen LogP contribution is -2.77. The first-order chi connectivity index (χ1) is 10.2. The van der Waals surface area contributed by atoms with Gasteiger partial charge in [0.25, 0.3) is 5.91 Å². The van der Waals surface area contributed by atoms with E-state index in [0.717, 1.165) is 12.1 Å². The number of nitrogens with zero attached hydrogens (tertiary/aromatic N) is 2. The van der Waals surface area contributed by atoms with E-state index in [9.17, 15) is 14.7 Å². The van der Waals surface area contributed by atoms with Gasteiger partial charge in [0.05, 0.1) is 0 Å². The number of rotatable bonds is 2. The summed E-state index contributed by atoms with van der Waals surface area (Å²) in [4.78, 5) is 41.6. The van der Waals surface area contributed by atoms with Gasteiger partial charge in [-0.2, -0.15) is 14.7 Å². The van der Waals surface area contributed by atoms with Crippen LogP contribution in [0.3, 0.4) is 0 Å². The Morgan fingerprint density at radius 3 is 2.59 bits per heavy atom. The van der Waals surface area contributed by atoms with Crippen molar-refractivity contribution in [2.45, 2.75) is 55.3 Å². The van der Waals surface area contributed by atoms with E-state index >= 15 is 0 Å². The number of β-lactam (4-membered cyclic amide) rings is 1. The van der Waals surface area contributed by atoms with Crippen molar-refractivity contribution < 1.29 is 24.3 Å². The smallest absolute Gasteiger partial charge is 0.373 e. The van der Waals surface area contributed by atoms with E-state index in [-0.39, 0.29) is 17.4 Å². The highest BCUT2D eigenvalue weighted by Crippen LogP contribution is 2.56. The zero-order chi connectivity index (χ0) is 16.7. The monoisotopic (exact) mass is 327 g/mol. The number of hydrogen-bond acceptors (Lipinski definition) is 7. The summed E-state index contributed by atoms with van der Waals surface area (Å²) >= 11 is 1.55. The average molecular weight is 327 g/mol. The number of carboxylic acid groups (broad SMARTS) is 1. The first-order valence-electron chi connectivity index (χ1n) is 6.80. The number of amides is 1. The molecule has 1 spiro atoms. The first kappa shape index (κ1) is 16.5. The standard InChI is InChI=1S/C12H17N3O3S.CO2/c1-4-6-5-12(14-13-6)9(18)15-7(8(16)17)11(2,3)19-10(12)15;2-1-3/h7,10,14H,4-5H2,1-3H3,(H,16,17);/t7-,10+,12?;/m0./s1. The summed E-state index contributed by atoms with van der Waals surface area (Å²) in [6, 6.07) is -0.756. The number of fused-ring (bicyclic) bond motifs is 2. The van der Waals surface area contributed by atoms with E-state index in [4.69, 9.17) is 9.59 Å². The molecule has 3 aliphatic rings. The molecule has 2 N–H and O–H groups in total. The number of thioether (sulfide) groups is 1. The number of carbonyl (C=O) groups excluding carboxylic acids is 3. The third-order valence-electron chi connectivity index (χ3n) is 4.18. The summed E-state index contributed by atoms with van der Waals surface area (Å²) < 4.78 is -0.480. The van der Waals surface area contributed by atoms with Crippen LogP contribution in [0, 0.1) is 0 Å². The molecule has 3 rings (SSSR count). The summed E-state index contributed by atoms with van der Waals surface area (Å²) in [7, 11) is 0. The molecule has 120 valence electrons. The van der Waals surface area contributed by atoms with Crippen LogP contribution in [0.1, 0.15) is 33.6 Å². The Morgan fingerprint density at radius 1 is 1.55 bits per heavy atom. The minimum absolute atomic E-state index is 0.129. The van der Waals surface area contributed by atoms with Gasteiger partial charge in [0, 0.05) is 16.9 Å². The minimum atomic E-state index is -0.933. The second-order valence-electron chi connectivity index (χ2n) is 5.90. The largest absolute Gasteiger partial charge is 0.480 e. The van der Waals surface area contributed by atoms with Crippen molar-refractivity contribution in [2.24, 2.45) is 5.10 Å². The van der Waals surface area contributed by atoms with Crippen LogP contribution < -0.4 is 5.43 Å². The molecule has 1 unspecified atom stereocenters. The fourth-order valence-electron chi connectivity index (χ4n) is 3.18. The van der Waals surface area contributed by atoms with Gasteiger partial charge in [-0.3, -0.25) is 10.2 Å². The van der Waals surface area contributed by atoms with Crippen LogP contribution in [-0.4, -0.2) is 55.4 Å². The first-order valence-corrected chi connectivity index (χ1v) is 7.68. The van der Waals surface area contributed by atoms with Gasteiger partial charge >= 0.3 is 12.1 Å². The maximum absolute atomic E-state index is 12.4. The second kappa shape index (κ2) is 5.40. The molecule has 9 heteroatoms. The average Bonchev–Trinajstić information content (AvgIpc) is 2.98. The molecule has 0 aromatic rings. The fraction of sp³-hybridized carbons (Fsp3) is 0.692. The third-order valence-corrected chi connectivity index (χ3v) is 5.86. The number of hydrazone groups is 1. The molecule has 0 radical (unpaired) electrons. The fourth-order valence-corrected chi connectivity index (χ4v) is 4.86. The predicted octanol–water partition coefficient (Wildman–Crippen LogP) is 0.0479. The molecule has 2 fully saturated rings. The summed E-state index contributed by atoms with van der Waals surface area (Å²) in [5.74, 6) is -1.06. The van der Waals surface area contributed by atoms with Crippen LogP contribution in [0.2, 0.25) is 0 Å². The number of carbonyl (C=O) groups is 2. The van der Waals surface area contributed by atoms with Crippen molar-refractivity contribution in [3.63, 3.8) is 0 Å². The Kier molecular flexibility index (Phi) is 4.06. The van der Waals surface area contributed by atoms with Gasteiger partial charge < -0.3 is 10.0 Å².